The number of rotatable bonds is 7. The van der Waals surface area contributed by atoms with E-state index in [0.29, 0.717) is 11.8 Å². The van der Waals surface area contributed by atoms with E-state index in [1.54, 1.807) is 12.5 Å². The van der Waals surface area contributed by atoms with Gasteiger partial charge >= 0.3 is 0 Å². The highest BCUT2D eigenvalue weighted by atomic mass is 15.1. The van der Waals surface area contributed by atoms with Crippen molar-refractivity contribution in [3.8, 4) is 22.5 Å². The van der Waals surface area contributed by atoms with E-state index < -0.39 is 0 Å². The van der Waals surface area contributed by atoms with E-state index in [1.807, 2.05) is 49.6 Å². The molecular weight excluding hydrogens is 422 g/mol. The van der Waals surface area contributed by atoms with Gasteiger partial charge in [0.15, 0.2) is 0 Å². The van der Waals surface area contributed by atoms with E-state index in [4.69, 9.17) is 4.98 Å². The minimum absolute atomic E-state index is 0.295. The summed E-state index contributed by atoms with van der Waals surface area (Å²) in [7, 11) is 0. The van der Waals surface area contributed by atoms with Crippen LogP contribution in [0.3, 0.4) is 0 Å². The molecule has 7 nitrogen and oxygen atoms in total. The SMILES string of the molecule is Cc1ccc(-c2cc(NC[C@@H](C)C(C)c3cccc4c(-c5ccn[nH]5)ccnc34)ncn2)cn1. The number of hydrogen-bond acceptors (Lipinski definition) is 6. The standard InChI is InChI=1S/C27H27N7/c1-17(14-30-26-13-25(31-16-32-26)20-8-7-18(2)29-15-20)19(3)21-5-4-6-23-22(9-11-28-27(21)23)24-10-12-33-34-24/h4-13,15-17,19H,14H2,1-3H3,(H,33,34)(H,30,31,32)/t17-,19?/m1/s1. The van der Waals surface area contributed by atoms with E-state index in [9.17, 15) is 0 Å². The summed E-state index contributed by atoms with van der Waals surface area (Å²) in [5.41, 5.74) is 7.20. The molecule has 4 aromatic heterocycles. The highest BCUT2D eigenvalue weighted by Crippen LogP contribution is 2.33. The maximum absolute atomic E-state index is 4.74. The predicted octanol–water partition coefficient (Wildman–Crippen LogP) is 5.64. The molecule has 170 valence electrons. The summed E-state index contributed by atoms with van der Waals surface area (Å²) in [6.07, 6.45) is 7.09. The fraction of sp³-hybridized carbons (Fsp3) is 0.222. The van der Waals surface area contributed by atoms with Crippen LogP contribution in [0.4, 0.5) is 5.82 Å². The van der Waals surface area contributed by atoms with Crippen LogP contribution >= 0.6 is 0 Å². The van der Waals surface area contributed by atoms with Crippen LogP contribution in [0, 0.1) is 12.8 Å². The number of para-hydroxylation sites is 1. The molecule has 0 radical (unpaired) electrons. The number of anilines is 1. The lowest BCUT2D eigenvalue weighted by atomic mass is 9.86. The summed E-state index contributed by atoms with van der Waals surface area (Å²) in [6, 6.07) is 16.4. The Labute approximate surface area is 198 Å². The van der Waals surface area contributed by atoms with Crippen molar-refractivity contribution in [2.45, 2.75) is 26.7 Å². The fourth-order valence-corrected chi connectivity index (χ4v) is 4.19. The van der Waals surface area contributed by atoms with Crippen molar-refractivity contribution in [1.82, 2.24) is 30.1 Å². The fourth-order valence-electron chi connectivity index (χ4n) is 4.19. The zero-order valence-corrected chi connectivity index (χ0v) is 19.5. The highest BCUT2D eigenvalue weighted by molar-refractivity contribution is 5.95. The second-order valence-electron chi connectivity index (χ2n) is 8.70. The van der Waals surface area contributed by atoms with E-state index in [1.165, 1.54) is 5.56 Å². The zero-order valence-electron chi connectivity index (χ0n) is 19.5. The number of hydrogen-bond donors (Lipinski definition) is 2. The summed E-state index contributed by atoms with van der Waals surface area (Å²) in [5, 5.41) is 11.8. The summed E-state index contributed by atoms with van der Waals surface area (Å²) in [4.78, 5) is 17.9. The predicted molar refractivity (Wildman–Crippen MR) is 135 cm³/mol. The van der Waals surface area contributed by atoms with Crippen LogP contribution in [-0.4, -0.2) is 36.7 Å². The molecule has 1 unspecified atom stereocenters. The Kier molecular flexibility index (Phi) is 5.99. The van der Waals surface area contributed by atoms with Gasteiger partial charge in [-0.15, -0.1) is 0 Å². The van der Waals surface area contributed by atoms with Crippen molar-refractivity contribution in [3.05, 3.63) is 84.7 Å². The van der Waals surface area contributed by atoms with Crippen molar-refractivity contribution in [2.24, 2.45) is 5.92 Å². The van der Waals surface area contributed by atoms with Gasteiger partial charge in [-0.3, -0.25) is 15.1 Å². The molecule has 0 amide bonds. The Bertz CT molecular complexity index is 1390. The molecule has 0 saturated heterocycles. The number of H-pyrrole nitrogens is 1. The molecule has 7 heteroatoms. The Balaban J connectivity index is 1.34. The lowest BCUT2D eigenvalue weighted by molar-refractivity contribution is 0.513. The molecule has 0 aliphatic rings. The van der Waals surface area contributed by atoms with Crippen LogP contribution < -0.4 is 5.32 Å². The molecule has 5 aromatic rings. The molecule has 34 heavy (non-hydrogen) atoms. The molecule has 2 N–H and O–H groups in total. The van der Waals surface area contributed by atoms with Crippen molar-refractivity contribution in [1.29, 1.82) is 0 Å². The molecule has 1 aromatic carbocycles. The quantitative estimate of drug-likeness (QED) is 0.334. The third-order valence-corrected chi connectivity index (χ3v) is 6.42. The normalized spacial score (nSPS) is 13.0. The second-order valence-corrected chi connectivity index (χ2v) is 8.70. The van der Waals surface area contributed by atoms with E-state index in [0.717, 1.165) is 51.5 Å². The first-order valence-electron chi connectivity index (χ1n) is 11.5. The number of benzene rings is 1. The first-order valence-corrected chi connectivity index (χ1v) is 11.5. The van der Waals surface area contributed by atoms with Crippen molar-refractivity contribution >= 4 is 16.7 Å². The smallest absolute Gasteiger partial charge is 0.129 e. The Morgan fingerprint density at radius 1 is 0.941 bits per heavy atom. The lowest BCUT2D eigenvalue weighted by Crippen LogP contribution is -2.18. The van der Waals surface area contributed by atoms with Gasteiger partial charge in [-0.25, -0.2) is 9.97 Å². The molecule has 0 aliphatic carbocycles. The molecule has 5 rings (SSSR count). The first-order chi connectivity index (χ1) is 16.6. The molecule has 0 aliphatic heterocycles. The van der Waals surface area contributed by atoms with Crippen LogP contribution in [0.5, 0.6) is 0 Å². The van der Waals surface area contributed by atoms with E-state index in [-0.39, 0.29) is 0 Å². The first kappa shape index (κ1) is 21.7. The largest absolute Gasteiger partial charge is 0.370 e. The number of nitrogens with one attached hydrogen (secondary N) is 2. The van der Waals surface area contributed by atoms with Gasteiger partial charge in [-0.05, 0) is 48.6 Å². The molecular formula is C27H27N7. The molecule has 0 fully saturated rings. The van der Waals surface area contributed by atoms with Gasteiger partial charge in [-0.2, -0.15) is 5.10 Å². The Morgan fingerprint density at radius 2 is 1.85 bits per heavy atom. The molecule has 0 spiro atoms. The maximum atomic E-state index is 4.74. The van der Waals surface area contributed by atoms with Crippen molar-refractivity contribution in [2.75, 3.05) is 11.9 Å². The summed E-state index contributed by atoms with van der Waals surface area (Å²) in [5.74, 6) is 1.45. The van der Waals surface area contributed by atoms with E-state index in [2.05, 4.69) is 62.5 Å². The monoisotopic (exact) mass is 449 g/mol. The zero-order chi connectivity index (χ0) is 23.5. The van der Waals surface area contributed by atoms with E-state index >= 15 is 0 Å². The number of aromatic nitrogens is 6. The maximum Gasteiger partial charge on any atom is 0.129 e. The average molecular weight is 450 g/mol. The molecule has 0 saturated carbocycles. The summed E-state index contributed by atoms with van der Waals surface area (Å²) < 4.78 is 0. The highest BCUT2D eigenvalue weighted by Gasteiger charge is 2.19. The van der Waals surface area contributed by atoms with Gasteiger partial charge < -0.3 is 5.32 Å². The lowest BCUT2D eigenvalue weighted by Gasteiger charge is -2.22. The number of nitrogens with zero attached hydrogens (tertiary/aromatic N) is 5. The van der Waals surface area contributed by atoms with Crippen LogP contribution in [0.2, 0.25) is 0 Å². The average Bonchev–Trinajstić information content (AvgIpc) is 3.41. The number of aromatic amines is 1. The minimum Gasteiger partial charge on any atom is -0.370 e. The molecule has 2 atom stereocenters. The summed E-state index contributed by atoms with van der Waals surface area (Å²) in [6.45, 7) is 7.26. The van der Waals surface area contributed by atoms with Gasteiger partial charge in [0.05, 0.1) is 16.9 Å². The minimum atomic E-state index is 0.295. The second kappa shape index (κ2) is 9.39. The van der Waals surface area contributed by atoms with Gasteiger partial charge in [0, 0.05) is 53.4 Å². The molecule has 4 heterocycles. The third kappa shape index (κ3) is 4.37. The number of pyridine rings is 2. The Hall–Kier alpha value is -4.13. The van der Waals surface area contributed by atoms with Gasteiger partial charge in [0.2, 0.25) is 0 Å². The van der Waals surface area contributed by atoms with Crippen molar-refractivity contribution < 1.29 is 0 Å². The summed E-state index contributed by atoms with van der Waals surface area (Å²) >= 11 is 0. The van der Waals surface area contributed by atoms with Gasteiger partial charge in [0.1, 0.15) is 12.1 Å². The molecule has 0 bridgehead atoms. The number of aryl methyl sites for hydroxylation is 1. The topological polar surface area (TPSA) is 92.3 Å². The van der Waals surface area contributed by atoms with Crippen LogP contribution in [-0.2, 0) is 0 Å². The van der Waals surface area contributed by atoms with Crippen molar-refractivity contribution in [3.63, 3.8) is 0 Å². The third-order valence-electron chi connectivity index (χ3n) is 6.42. The van der Waals surface area contributed by atoms with Crippen LogP contribution in [0.15, 0.2) is 73.4 Å². The van der Waals surface area contributed by atoms with Gasteiger partial charge in [-0.1, -0.05) is 32.0 Å². The van der Waals surface area contributed by atoms with Crippen LogP contribution in [0.1, 0.15) is 31.0 Å². The van der Waals surface area contributed by atoms with Crippen LogP contribution in [0.25, 0.3) is 33.4 Å². The van der Waals surface area contributed by atoms with Gasteiger partial charge in [0.25, 0.3) is 0 Å². The number of fused-ring (bicyclic) bond motifs is 1. The Morgan fingerprint density at radius 3 is 2.65 bits per heavy atom.